The van der Waals surface area contributed by atoms with Gasteiger partial charge in [-0.3, -0.25) is 4.68 Å². The summed E-state index contributed by atoms with van der Waals surface area (Å²) in [6.07, 6.45) is 0.674. The van der Waals surface area contributed by atoms with E-state index in [2.05, 4.69) is 26.3 Å². The van der Waals surface area contributed by atoms with Gasteiger partial charge < -0.3 is 5.32 Å². The Labute approximate surface area is 137 Å². The number of rotatable bonds is 5. The summed E-state index contributed by atoms with van der Waals surface area (Å²) in [5, 5.41) is 8.34. The van der Waals surface area contributed by atoms with Gasteiger partial charge in [-0.2, -0.15) is 5.10 Å². The molecule has 0 saturated carbocycles. The summed E-state index contributed by atoms with van der Waals surface area (Å²) in [7, 11) is 1.82. The molecule has 1 aromatic heterocycles. The van der Waals surface area contributed by atoms with Crippen LogP contribution < -0.4 is 5.32 Å². The summed E-state index contributed by atoms with van der Waals surface area (Å²) in [6.45, 7) is 4.76. The van der Waals surface area contributed by atoms with Crippen molar-refractivity contribution in [2.24, 2.45) is 7.05 Å². The topological polar surface area (TPSA) is 29.9 Å². The van der Waals surface area contributed by atoms with Crippen LogP contribution in [0.25, 0.3) is 0 Å². The molecule has 2 rings (SSSR count). The van der Waals surface area contributed by atoms with E-state index in [0.717, 1.165) is 23.4 Å². The number of aromatic nitrogens is 2. The quantitative estimate of drug-likeness (QED) is 0.851. The molecule has 0 amide bonds. The van der Waals surface area contributed by atoms with Gasteiger partial charge in [0.25, 0.3) is 0 Å². The maximum absolute atomic E-state index is 13.8. The van der Waals surface area contributed by atoms with Crippen LogP contribution >= 0.6 is 27.5 Å². The van der Waals surface area contributed by atoms with Gasteiger partial charge in [0, 0.05) is 18.7 Å². The highest BCUT2D eigenvalue weighted by Gasteiger charge is 2.19. The molecule has 0 bridgehead atoms. The molecule has 2 aromatic rings. The second-order valence-corrected chi connectivity index (χ2v) is 6.18. The maximum Gasteiger partial charge on any atom is 0.137 e. The number of halogens is 3. The number of benzene rings is 1. The molecule has 0 radical (unpaired) electrons. The molecule has 0 fully saturated rings. The summed E-state index contributed by atoms with van der Waals surface area (Å²) in [5.41, 5.74) is 2.80. The first kappa shape index (κ1) is 16.5. The van der Waals surface area contributed by atoms with Crippen LogP contribution in [0.3, 0.4) is 0 Å². The molecule has 3 nitrogen and oxygen atoms in total. The van der Waals surface area contributed by atoms with Gasteiger partial charge in [-0.1, -0.05) is 24.6 Å². The average molecular weight is 375 g/mol. The highest BCUT2D eigenvalue weighted by molar-refractivity contribution is 9.10. The average Bonchev–Trinajstić information content (AvgIpc) is 2.68. The van der Waals surface area contributed by atoms with E-state index in [-0.39, 0.29) is 11.9 Å². The van der Waals surface area contributed by atoms with Crippen molar-refractivity contribution in [3.63, 3.8) is 0 Å². The zero-order chi connectivity index (χ0) is 15.6. The molecule has 0 saturated heterocycles. The molecule has 21 heavy (non-hydrogen) atoms. The summed E-state index contributed by atoms with van der Waals surface area (Å²) >= 11 is 9.47. The largest absolute Gasteiger partial charge is 0.310 e. The fourth-order valence-electron chi connectivity index (χ4n) is 2.39. The van der Waals surface area contributed by atoms with Crippen molar-refractivity contribution in [3.8, 4) is 0 Å². The molecular formula is C15H18BrClFN3. The standard InChI is InChI=1S/C15H18BrClFN3/c1-4-19-14(10-5-6-12(16)13(18)7-10)8-11-9(2)20-21(3)15(11)17/h5-7,14,19H,4,8H2,1-3H3. The van der Waals surface area contributed by atoms with E-state index < -0.39 is 0 Å². The lowest BCUT2D eigenvalue weighted by atomic mass is 9.99. The van der Waals surface area contributed by atoms with Gasteiger partial charge in [-0.15, -0.1) is 0 Å². The molecule has 1 N–H and O–H groups in total. The number of hydrogen-bond donors (Lipinski definition) is 1. The van der Waals surface area contributed by atoms with Crippen LogP contribution in [0.1, 0.15) is 29.8 Å². The first-order chi connectivity index (χ1) is 9.93. The van der Waals surface area contributed by atoms with Gasteiger partial charge in [-0.25, -0.2) is 4.39 Å². The van der Waals surface area contributed by atoms with Crippen molar-refractivity contribution in [1.29, 1.82) is 0 Å². The molecular weight excluding hydrogens is 357 g/mol. The van der Waals surface area contributed by atoms with Crippen LogP contribution in [0.4, 0.5) is 4.39 Å². The van der Waals surface area contributed by atoms with E-state index in [1.165, 1.54) is 0 Å². The van der Waals surface area contributed by atoms with Gasteiger partial charge in [0.15, 0.2) is 0 Å². The van der Waals surface area contributed by atoms with Crippen LogP contribution in [0, 0.1) is 12.7 Å². The van der Waals surface area contributed by atoms with Crippen LogP contribution in [0.5, 0.6) is 0 Å². The predicted molar refractivity (Wildman–Crippen MR) is 87.2 cm³/mol. The molecule has 1 heterocycles. The Kier molecular flexibility index (Phi) is 5.41. The van der Waals surface area contributed by atoms with Crippen molar-refractivity contribution < 1.29 is 4.39 Å². The lowest BCUT2D eigenvalue weighted by Crippen LogP contribution is -2.23. The van der Waals surface area contributed by atoms with Gasteiger partial charge in [0.2, 0.25) is 0 Å². The SMILES string of the molecule is CCNC(Cc1c(C)nn(C)c1Cl)c1ccc(Br)c(F)c1. The smallest absolute Gasteiger partial charge is 0.137 e. The number of nitrogens with one attached hydrogen (secondary N) is 1. The Bertz CT molecular complexity index is 642. The second kappa shape index (κ2) is 6.90. The van der Waals surface area contributed by atoms with Gasteiger partial charge in [0.05, 0.1) is 10.2 Å². The fraction of sp³-hybridized carbons (Fsp3) is 0.400. The minimum Gasteiger partial charge on any atom is -0.310 e. The van der Waals surface area contributed by atoms with E-state index >= 15 is 0 Å². The molecule has 0 aliphatic heterocycles. The second-order valence-electron chi connectivity index (χ2n) is 4.97. The summed E-state index contributed by atoms with van der Waals surface area (Å²) < 4.78 is 15.9. The summed E-state index contributed by atoms with van der Waals surface area (Å²) in [5.74, 6) is -0.260. The Morgan fingerprint density at radius 3 is 2.71 bits per heavy atom. The highest BCUT2D eigenvalue weighted by atomic mass is 79.9. The van der Waals surface area contributed by atoms with Gasteiger partial charge in [0.1, 0.15) is 11.0 Å². The molecule has 1 aromatic carbocycles. The molecule has 0 aliphatic carbocycles. The number of nitrogens with zero attached hydrogens (tertiary/aromatic N) is 2. The monoisotopic (exact) mass is 373 g/mol. The summed E-state index contributed by atoms with van der Waals surface area (Å²) in [4.78, 5) is 0. The lowest BCUT2D eigenvalue weighted by Gasteiger charge is -2.19. The number of likely N-dealkylation sites (N-methyl/N-ethyl adjacent to an activating group) is 1. The molecule has 114 valence electrons. The predicted octanol–water partition coefficient (Wildman–Crippen LogP) is 4.18. The fourth-order valence-corrected chi connectivity index (χ4v) is 2.89. The van der Waals surface area contributed by atoms with Gasteiger partial charge in [-0.05, 0) is 53.5 Å². The Hall–Kier alpha value is -0.910. The third-order valence-electron chi connectivity index (χ3n) is 3.47. The van der Waals surface area contributed by atoms with E-state index in [1.807, 2.05) is 27.0 Å². The molecule has 6 heteroatoms. The minimum absolute atomic E-state index is 0.00185. The zero-order valence-corrected chi connectivity index (χ0v) is 14.6. The molecule has 0 spiro atoms. The molecule has 0 aliphatic rings. The highest BCUT2D eigenvalue weighted by Crippen LogP contribution is 2.27. The third-order valence-corrected chi connectivity index (χ3v) is 4.59. The van der Waals surface area contributed by atoms with Gasteiger partial charge >= 0.3 is 0 Å². The zero-order valence-electron chi connectivity index (χ0n) is 12.3. The number of aryl methyl sites for hydroxylation is 2. The maximum atomic E-state index is 13.8. The lowest BCUT2D eigenvalue weighted by molar-refractivity contribution is 0.541. The van der Waals surface area contributed by atoms with Crippen molar-refractivity contribution in [1.82, 2.24) is 15.1 Å². The van der Waals surface area contributed by atoms with E-state index in [1.54, 1.807) is 16.8 Å². The van der Waals surface area contributed by atoms with Crippen molar-refractivity contribution >= 4 is 27.5 Å². The van der Waals surface area contributed by atoms with E-state index in [4.69, 9.17) is 11.6 Å². The normalized spacial score (nSPS) is 12.7. The Morgan fingerprint density at radius 1 is 1.48 bits per heavy atom. The third kappa shape index (κ3) is 3.65. The Balaban J connectivity index is 2.32. The number of hydrogen-bond acceptors (Lipinski definition) is 2. The summed E-state index contributed by atoms with van der Waals surface area (Å²) in [6, 6.07) is 5.20. The van der Waals surface area contributed by atoms with Crippen molar-refractivity contribution in [3.05, 3.63) is 50.5 Å². The van der Waals surface area contributed by atoms with E-state index in [0.29, 0.717) is 16.0 Å². The van der Waals surface area contributed by atoms with Crippen LogP contribution in [-0.2, 0) is 13.5 Å². The molecule has 1 unspecified atom stereocenters. The van der Waals surface area contributed by atoms with Crippen LogP contribution in [0.15, 0.2) is 22.7 Å². The van der Waals surface area contributed by atoms with Crippen LogP contribution in [-0.4, -0.2) is 16.3 Å². The Morgan fingerprint density at radius 2 is 2.19 bits per heavy atom. The first-order valence-electron chi connectivity index (χ1n) is 6.80. The first-order valence-corrected chi connectivity index (χ1v) is 7.97. The molecule has 1 atom stereocenters. The minimum atomic E-state index is -0.260. The van der Waals surface area contributed by atoms with Crippen molar-refractivity contribution in [2.75, 3.05) is 6.54 Å². The van der Waals surface area contributed by atoms with Crippen LogP contribution in [0.2, 0.25) is 5.15 Å². The van der Waals surface area contributed by atoms with Crippen molar-refractivity contribution in [2.45, 2.75) is 26.3 Å². The van der Waals surface area contributed by atoms with E-state index in [9.17, 15) is 4.39 Å².